The number of pyridine rings is 1. The fourth-order valence-electron chi connectivity index (χ4n) is 2.18. The molecule has 0 saturated carbocycles. The number of carbonyl (C=O) groups is 1. The molecule has 1 aliphatic rings. The van der Waals surface area contributed by atoms with Gasteiger partial charge in [0.25, 0.3) is 0 Å². The number of nitrogens with two attached hydrogens (primary N) is 1. The summed E-state index contributed by atoms with van der Waals surface area (Å²) in [6.45, 7) is 3.67. The Hall–Kier alpha value is -1.62. The highest BCUT2D eigenvalue weighted by Gasteiger charge is 2.18. The quantitative estimate of drug-likeness (QED) is 0.795. The van der Waals surface area contributed by atoms with Gasteiger partial charge in [0.1, 0.15) is 5.82 Å². The molecule has 0 aliphatic carbocycles. The Morgan fingerprint density at radius 2 is 2.11 bits per heavy atom. The number of rotatable bonds is 2. The molecule has 0 spiro atoms. The van der Waals surface area contributed by atoms with E-state index in [1.165, 1.54) is 7.11 Å². The predicted molar refractivity (Wildman–Crippen MR) is 69.7 cm³/mol. The number of aryl methyl sites for hydroxylation is 1. The first-order chi connectivity index (χ1) is 8.61. The molecular formula is C13H19N3O2. The maximum atomic E-state index is 11.5. The summed E-state index contributed by atoms with van der Waals surface area (Å²) in [5.41, 5.74) is 7.10. The van der Waals surface area contributed by atoms with E-state index in [0.29, 0.717) is 17.3 Å². The number of ether oxygens (including phenoxy) is 1. The fraction of sp³-hybridized carbons (Fsp3) is 0.538. The third kappa shape index (κ3) is 2.61. The predicted octanol–water partition coefficient (Wildman–Crippen LogP) is 1.10. The smallest absolute Gasteiger partial charge is 0.339 e. The monoisotopic (exact) mass is 249 g/mol. The summed E-state index contributed by atoms with van der Waals surface area (Å²) in [5, 5.41) is 0. The van der Waals surface area contributed by atoms with Gasteiger partial charge in [-0.05, 0) is 31.9 Å². The summed E-state index contributed by atoms with van der Waals surface area (Å²) in [6.07, 6.45) is 1.97. The molecule has 1 saturated heterocycles. The van der Waals surface area contributed by atoms with Crippen molar-refractivity contribution in [3.8, 4) is 0 Å². The Morgan fingerprint density at radius 3 is 2.67 bits per heavy atom. The van der Waals surface area contributed by atoms with Gasteiger partial charge >= 0.3 is 5.97 Å². The molecule has 5 nitrogen and oxygen atoms in total. The molecule has 0 atom stereocenters. The first-order valence-electron chi connectivity index (χ1n) is 6.18. The van der Waals surface area contributed by atoms with E-state index in [0.717, 1.165) is 31.7 Å². The molecule has 2 N–H and O–H groups in total. The SMILES string of the molecule is COC(=O)c1ccc(N2CCC(N)CC2)nc1C. The van der Waals surface area contributed by atoms with Crippen LogP contribution in [0.3, 0.4) is 0 Å². The van der Waals surface area contributed by atoms with Crippen molar-refractivity contribution in [3.05, 3.63) is 23.4 Å². The lowest BCUT2D eigenvalue weighted by molar-refractivity contribution is 0.0599. The Balaban J connectivity index is 2.16. The molecule has 1 fully saturated rings. The van der Waals surface area contributed by atoms with Crippen LogP contribution in [-0.4, -0.2) is 37.2 Å². The largest absolute Gasteiger partial charge is 0.465 e. The topological polar surface area (TPSA) is 68.5 Å². The van der Waals surface area contributed by atoms with Gasteiger partial charge in [-0.3, -0.25) is 0 Å². The second-order valence-corrected chi connectivity index (χ2v) is 4.62. The van der Waals surface area contributed by atoms with Gasteiger partial charge in [0.05, 0.1) is 18.4 Å². The lowest BCUT2D eigenvalue weighted by Gasteiger charge is -2.31. The molecule has 1 aromatic rings. The highest BCUT2D eigenvalue weighted by molar-refractivity contribution is 5.90. The summed E-state index contributed by atoms with van der Waals surface area (Å²) < 4.78 is 4.71. The van der Waals surface area contributed by atoms with Crippen LogP contribution in [0, 0.1) is 6.92 Å². The lowest BCUT2D eigenvalue weighted by Crippen LogP contribution is -2.40. The minimum Gasteiger partial charge on any atom is -0.465 e. The molecule has 1 aromatic heterocycles. The number of esters is 1. The summed E-state index contributed by atoms with van der Waals surface area (Å²) in [6, 6.07) is 3.95. The van der Waals surface area contributed by atoms with Crippen LogP contribution in [0.4, 0.5) is 5.82 Å². The van der Waals surface area contributed by atoms with Crippen LogP contribution in [-0.2, 0) is 4.74 Å². The van der Waals surface area contributed by atoms with Gasteiger partial charge in [0.2, 0.25) is 0 Å². The van der Waals surface area contributed by atoms with Gasteiger partial charge in [-0.1, -0.05) is 0 Å². The number of aromatic nitrogens is 1. The standard InChI is InChI=1S/C13H19N3O2/c1-9-11(13(17)18-2)3-4-12(15-9)16-7-5-10(14)6-8-16/h3-4,10H,5-8,14H2,1-2H3. The Bertz CT molecular complexity index is 440. The minimum atomic E-state index is -0.341. The lowest BCUT2D eigenvalue weighted by atomic mass is 10.1. The number of hydrogen-bond acceptors (Lipinski definition) is 5. The number of hydrogen-bond donors (Lipinski definition) is 1. The number of piperidine rings is 1. The van der Waals surface area contributed by atoms with E-state index in [9.17, 15) is 4.79 Å². The van der Waals surface area contributed by atoms with Crippen molar-refractivity contribution in [1.29, 1.82) is 0 Å². The maximum Gasteiger partial charge on any atom is 0.339 e. The van der Waals surface area contributed by atoms with Crippen molar-refractivity contribution >= 4 is 11.8 Å². The van der Waals surface area contributed by atoms with Gasteiger partial charge in [-0.2, -0.15) is 0 Å². The molecule has 0 amide bonds. The van der Waals surface area contributed by atoms with E-state index in [2.05, 4.69) is 9.88 Å². The molecular weight excluding hydrogens is 230 g/mol. The molecule has 1 aliphatic heterocycles. The Morgan fingerprint density at radius 1 is 1.44 bits per heavy atom. The summed E-state index contributed by atoms with van der Waals surface area (Å²) in [4.78, 5) is 18.2. The third-order valence-corrected chi connectivity index (χ3v) is 3.34. The Kier molecular flexibility index (Phi) is 3.81. The molecule has 0 aromatic carbocycles. The van der Waals surface area contributed by atoms with E-state index in [-0.39, 0.29) is 5.97 Å². The van der Waals surface area contributed by atoms with E-state index in [4.69, 9.17) is 10.5 Å². The van der Waals surface area contributed by atoms with Crippen LogP contribution in [0.25, 0.3) is 0 Å². The van der Waals surface area contributed by atoms with Crippen molar-refractivity contribution in [2.75, 3.05) is 25.1 Å². The van der Waals surface area contributed by atoms with Gasteiger partial charge < -0.3 is 15.4 Å². The molecule has 0 bridgehead atoms. The van der Waals surface area contributed by atoms with Crippen molar-refractivity contribution in [2.45, 2.75) is 25.8 Å². The fourth-order valence-corrected chi connectivity index (χ4v) is 2.18. The minimum absolute atomic E-state index is 0.302. The van der Waals surface area contributed by atoms with E-state index < -0.39 is 0 Å². The zero-order valence-corrected chi connectivity index (χ0v) is 10.8. The molecule has 0 unspecified atom stereocenters. The molecule has 98 valence electrons. The third-order valence-electron chi connectivity index (χ3n) is 3.34. The van der Waals surface area contributed by atoms with E-state index in [1.54, 1.807) is 6.07 Å². The van der Waals surface area contributed by atoms with Crippen LogP contribution < -0.4 is 10.6 Å². The van der Waals surface area contributed by atoms with Gasteiger partial charge in [0.15, 0.2) is 0 Å². The number of methoxy groups -OCH3 is 1. The summed E-state index contributed by atoms with van der Waals surface area (Å²) in [7, 11) is 1.38. The summed E-state index contributed by atoms with van der Waals surface area (Å²) in [5.74, 6) is 0.569. The van der Waals surface area contributed by atoms with E-state index in [1.807, 2.05) is 13.0 Å². The average Bonchev–Trinajstić information content (AvgIpc) is 2.38. The van der Waals surface area contributed by atoms with Crippen LogP contribution >= 0.6 is 0 Å². The zero-order chi connectivity index (χ0) is 13.1. The zero-order valence-electron chi connectivity index (χ0n) is 10.8. The van der Waals surface area contributed by atoms with Gasteiger partial charge in [-0.15, -0.1) is 0 Å². The first kappa shape index (κ1) is 12.8. The van der Waals surface area contributed by atoms with Crippen LogP contribution in [0.5, 0.6) is 0 Å². The van der Waals surface area contributed by atoms with Crippen LogP contribution in [0.2, 0.25) is 0 Å². The second kappa shape index (κ2) is 5.35. The van der Waals surface area contributed by atoms with Crippen molar-refractivity contribution in [2.24, 2.45) is 5.73 Å². The molecule has 5 heteroatoms. The Labute approximate surface area is 107 Å². The van der Waals surface area contributed by atoms with Gasteiger partial charge in [0, 0.05) is 19.1 Å². The second-order valence-electron chi connectivity index (χ2n) is 4.62. The van der Waals surface area contributed by atoms with Gasteiger partial charge in [-0.25, -0.2) is 9.78 Å². The average molecular weight is 249 g/mol. The van der Waals surface area contributed by atoms with Crippen molar-refractivity contribution in [1.82, 2.24) is 4.98 Å². The normalized spacial score (nSPS) is 16.7. The maximum absolute atomic E-state index is 11.5. The summed E-state index contributed by atoms with van der Waals surface area (Å²) >= 11 is 0. The first-order valence-corrected chi connectivity index (χ1v) is 6.18. The van der Waals surface area contributed by atoms with E-state index >= 15 is 0 Å². The molecule has 0 radical (unpaired) electrons. The number of carbonyl (C=O) groups excluding carboxylic acids is 1. The van der Waals surface area contributed by atoms with Crippen molar-refractivity contribution in [3.63, 3.8) is 0 Å². The van der Waals surface area contributed by atoms with Crippen LogP contribution in [0.15, 0.2) is 12.1 Å². The molecule has 18 heavy (non-hydrogen) atoms. The van der Waals surface area contributed by atoms with Crippen LogP contribution in [0.1, 0.15) is 28.9 Å². The molecule has 2 rings (SSSR count). The van der Waals surface area contributed by atoms with Crippen molar-refractivity contribution < 1.29 is 9.53 Å². The highest BCUT2D eigenvalue weighted by Crippen LogP contribution is 2.19. The molecule has 2 heterocycles. The number of anilines is 1. The number of nitrogens with zero attached hydrogens (tertiary/aromatic N) is 2. The highest BCUT2D eigenvalue weighted by atomic mass is 16.5.